The van der Waals surface area contributed by atoms with E-state index >= 15 is 0 Å². The molecule has 1 aliphatic rings. The Morgan fingerprint density at radius 1 is 1.29 bits per heavy atom. The van der Waals surface area contributed by atoms with Gasteiger partial charge >= 0.3 is 0 Å². The van der Waals surface area contributed by atoms with Gasteiger partial charge in [0.15, 0.2) is 0 Å². The number of carbonyl (C=O) groups excluding carboxylic acids is 1. The summed E-state index contributed by atoms with van der Waals surface area (Å²) in [6, 6.07) is 11.8. The van der Waals surface area contributed by atoms with Crippen LogP contribution in [0.25, 0.3) is 0 Å². The van der Waals surface area contributed by atoms with Gasteiger partial charge in [-0.05, 0) is 43.0 Å². The van der Waals surface area contributed by atoms with Crippen molar-refractivity contribution < 1.29 is 4.79 Å². The second-order valence-corrected chi connectivity index (χ2v) is 5.41. The van der Waals surface area contributed by atoms with E-state index in [9.17, 15) is 4.79 Å². The molecular formula is C17H19N3O. The van der Waals surface area contributed by atoms with Crippen molar-refractivity contribution in [2.75, 3.05) is 5.32 Å². The van der Waals surface area contributed by atoms with Gasteiger partial charge in [0.25, 0.3) is 0 Å². The predicted octanol–water partition coefficient (Wildman–Crippen LogP) is 2.69. The molecule has 0 saturated carbocycles. The second-order valence-electron chi connectivity index (χ2n) is 5.41. The molecule has 1 aromatic heterocycles. The van der Waals surface area contributed by atoms with E-state index in [1.807, 2.05) is 36.5 Å². The third kappa shape index (κ3) is 3.11. The van der Waals surface area contributed by atoms with Gasteiger partial charge in [-0.2, -0.15) is 0 Å². The molecule has 1 aromatic carbocycles. The number of benzene rings is 1. The van der Waals surface area contributed by atoms with Crippen LogP contribution >= 0.6 is 0 Å². The van der Waals surface area contributed by atoms with Gasteiger partial charge in [-0.1, -0.05) is 24.3 Å². The van der Waals surface area contributed by atoms with Crippen molar-refractivity contribution in [2.45, 2.75) is 31.8 Å². The van der Waals surface area contributed by atoms with Crippen molar-refractivity contribution in [3.63, 3.8) is 0 Å². The highest BCUT2D eigenvalue weighted by Gasteiger charge is 2.24. The van der Waals surface area contributed by atoms with Gasteiger partial charge in [-0.15, -0.1) is 0 Å². The number of amides is 1. The number of aromatic nitrogens is 1. The Hall–Kier alpha value is -2.20. The SMILES string of the molecule is C[C@@H](NC1CCc2ccccc2NC1=O)c1cccnc1. The number of hydrogen-bond donors (Lipinski definition) is 2. The van der Waals surface area contributed by atoms with Crippen LogP contribution in [0.5, 0.6) is 0 Å². The lowest BCUT2D eigenvalue weighted by molar-refractivity contribution is -0.118. The summed E-state index contributed by atoms with van der Waals surface area (Å²) in [5, 5.41) is 6.42. The molecule has 0 radical (unpaired) electrons. The van der Waals surface area contributed by atoms with Gasteiger partial charge in [0, 0.05) is 24.1 Å². The Balaban J connectivity index is 1.71. The first kappa shape index (κ1) is 13.8. The summed E-state index contributed by atoms with van der Waals surface area (Å²) in [6.45, 7) is 2.06. The van der Waals surface area contributed by atoms with Gasteiger partial charge < -0.3 is 5.32 Å². The van der Waals surface area contributed by atoms with E-state index < -0.39 is 0 Å². The number of carbonyl (C=O) groups is 1. The minimum absolute atomic E-state index is 0.0377. The Labute approximate surface area is 124 Å². The molecule has 2 atom stereocenters. The molecule has 3 rings (SSSR count). The zero-order valence-electron chi connectivity index (χ0n) is 12.0. The van der Waals surface area contributed by atoms with E-state index in [0.29, 0.717) is 0 Å². The molecule has 21 heavy (non-hydrogen) atoms. The normalized spacial score (nSPS) is 19.3. The van der Waals surface area contributed by atoms with Crippen LogP contribution < -0.4 is 10.6 Å². The van der Waals surface area contributed by atoms with Crippen molar-refractivity contribution in [1.82, 2.24) is 10.3 Å². The molecular weight excluding hydrogens is 262 g/mol. The number of fused-ring (bicyclic) bond motifs is 1. The number of aryl methyl sites for hydroxylation is 1. The first-order valence-electron chi connectivity index (χ1n) is 7.29. The quantitative estimate of drug-likeness (QED) is 0.909. The molecule has 0 saturated heterocycles. The first-order valence-corrected chi connectivity index (χ1v) is 7.29. The lowest BCUT2D eigenvalue weighted by Gasteiger charge is -2.21. The molecule has 2 N–H and O–H groups in total. The minimum Gasteiger partial charge on any atom is -0.324 e. The molecule has 0 fully saturated rings. The molecule has 2 aromatic rings. The van der Waals surface area contributed by atoms with Gasteiger partial charge in [0.05, 0.1) is 6.04 Å². The Kier molecular flexibility index (Phi) is 3.97. The largest absolute Gasteiger partial charge is 0.324 e. The number of para-hydroxylation sites is 1. The molecule has 2 heterocycles. The summed E-state index contributed by atoms with van der Waals surface area (Å²) in [6.07, 6.45) is 5.28. The molecule has 1 amide bonds. The Bertz CT molecular complexity index is 627. The zero-order chi connectivity index (χ0) is 14.7. The number of pyridine rings is 1. The number of hydrogen-bond acceptors (Lipinski definition) is 3. The highest BCUT2D eigenvalue weighted by molar-refractivity contribution is 5.96. The van der Waals surface area contributed by atoms with Crippen molar-refractivity contribution in [2.24, 2.45) is 0 Å². The lowest BCUT2D eigenvalue weighted by Crippen LogP contribution is -2.41. The summed E-state index contributed by atoms with van der Waals surface area (Å²) in [7, 11) is 0. The van der Waals surface area contributed by atoms with Crippen LogP contribution in [0.4, 0.5) is 5.69 Å². The second kappa shape index (κ2) is 6.06. The van der Waals surface area contributed by atoms with Crippen LogP contribution in [0.3, 0.4) is 0 Å². The van der Waals surface area contributed by atoms with E-state index in [4.69, 9.17) is 0 Å². The van der Waals surface area contributed by atoms with Crippen LogP contribution in [-0.2, 0) is 11.2 Å². The monoisotopic (exact) mass is 281 g/mol. The molecule has 4 heteroatoms. The zero-order valence-corrected chi connectivity index (χ0v) is 12.0. The molecule has 0 spiro atoms. The molecule has 1 aliphatic heterocycles. The third-order valence-corrected chi connectivity index (χ3v) is 3.93. The first-order chi connectivity index (χ1) is 10.2. The summed E-state index contributed by atoms with van der Waals surface area (Å²) in [4.78, 5) is 16.5. The smallest absolute Gasteiger partial charge is 0.241 e. The van der Waals surface area contributed by atoms with E-state index in [1.54, 1.807) is 6.20 Å². The van der Waals surface area contributed by atoms with E-state index in [0.717, 1.165) is 24.1 Å². The highest BCUT2D eigenvalue weighted by atomic mass is 16.2. The number of nitrogens with zero attached hydrogens (tertiary/aromatic N) is 1. The third-order valence-electron chi connectivity index (χ3n) is 3.93. The summed E-state index contributed by atoms with van der Waals surface area (Å²) in [5.41, 5.74) is 3.22. The fraction of sp³-hybridized carbons (Fsp3) is 0.294. The molecule has 1 unspecified atom stereocenters. The van der Waals surface area contributed by atoms with Crippen molar-refractivity contribution in [1.29, 1.82) is 0 Å². The van der Waals surface area contributed by atoms with Gasteiger partial charge in [0.2, 0.25) is 5.91 Å². The lowest BCUT2D eigenvalue weighted by atomic mass is 10.0. The van der Waals surface area contributed by atoms with Crippen LogP contribution in [0.15, 0.2) is 48.8 Å². The fourth-order valence-electron chi connectivity index (χ4n) is 2.70. The maximum Gasteiger partial charge on any atom is 0.241 e. The van der Waals surface area contributed by atoms with Crippen LogP contribution in [0, 0.1) is 0 Å². The minimum atomic E-state index is -0.187. The average Bonchev–Trinajstić information content (AvgIpc) is 2.67. The van der Waals surface area contributed by atoms with Gasteiger partial charge in [-0.3, -0.25) is 15.1 Å². The Morgan fingerprint density at radius 3 is 2.95 bits per heavy atom. The topological polar surface area (TPSA) is 54.0 Å². The average molecular weight is 281 g/mol. The van der Waals surface area contributed by atoms with Crippen molar-refractivity contribution >= 4 is 11.6 Å². The summed E-state index contributed by atoms with van der Waals surface area (Å²) < 4.78 is 0. The predicted molar refractivity (Wildman–Crippen MR) is 83.0 cm³/mol. The van der Waals surface area contributed by atoms with Crippen molar-refractivity contribution in [3.8, 4) is 0 Å². The maximum atomic E-state index is 12.4. The van der Waals surface area contributed by atoms with Crippen LogP contribution in [0.2, 0.25) is 0 Å². The van der Waals surface area contributed by atoms with Crippen LogP contribution in [0.1, 0.15) is 30.5 Å². The summed E-state index contributed by atoms with van der Waals surface area (Å²) in [5.74, 6) is 0.0377. The number of rotatable bonds is 3. The van der Waals surface area contributed by atoms with Crippen molar-refractivity contribution in [3.05, 3.63) is 59.9 Å². The van der Waals surface area contributed by atoms with E-state index in [2.05, 4.69) is 28.6 Å². The fourth-order valence-corrected chi connectivity index (χ4v) is 2.70. The molecule has 0 aliphatic carbocycles. The van der Waals surface area contributed by atoms with Crippen LogP contribution in [-0.4, -0.2) is 16.9 Å². The molecule has 108 valence electrons. The molecule has 0 bridgehead atoms. The molecule has 4 nitrogen and oxygen atoms in total. The summed E-state index contributed by atoms with van der Waals surface area (Å²) >= 11 is 0. The van der Waals surface area contributed by atoms with Gasteiger partial charge in [-0.25, -0.2) is 0 Å². The van der Waals surface area contributed by atoms with E-state index in [1.165, 1.54) is 5.56 Å². The van der Waals surface area contributed by atoms with Gasteiger partial charge in [0.1, 0.15) is 0 Å². The standard InChI is InChI=1S/C17H19N3O/c1-12(14-6-4-10-18-11-14)19-16-9-8-13-5-2-3-7-15(13)20-17(16)21/h2-7,10-12,16,19H,8-9H2,1H3,(H,20,21)/t12-,16?/m1/s1. The highest BCUT2D eigenvalue weighted by Crippen LogP contribution is 2.22. The number of anilines is 1. The van der Waals surface area contributed by atoms with E-state index in [-0.39, 0.29) is 18.0 Å². The maximum absolute atomic E-state index is 12.4. The number of nitrogens with one attached hydrogen (secondary N) is 2. The Morgan fingerprint density at radius 2 is 2.14 bits per heavy atom.